The summed E-state index contributed by atoms with van der Waals surface area (Å²) in [5.41, 5.74) is 0. The highest BCUT2D eigenvalue weighted by Gasteiger charge is 2.39. The summed E-state index contributed by atoms with van der Waals surface area (Å²) < 4.78 is 21.7. The van der Waals surface area contributed by atoms with E-state index in [1.54, 1.807) is 7.11 Å². The Morgan fingerprint density at radius 2 is 2.20 bits per heavy atom. The summed E-state index contributed by atoms with van der Waals surface area (Å²) in [7, 11) is 0.950. The molecule has 0 aliphatic carbocycles. The Morgan fingerprint density at radius 3 is 2.85 bits per heavy atom. The summed E-state index contributed by atoms with van der Waals surface area (Å²) in [6.45, 7) is 6.55. The Labute approximate surface area is 127 Å². The van der Waals surface area contributed by atoms with Crippen molar-refractivity contribution in [1.29, 1.82) is 0 Å². The lowest BCUT2D eigenvalue weighted by atomic mass is 10.0. The smallest absolute Gasteiger partial charge is 0.205 e. The van der Waals surface area contributed by atoms with E-state index < -0.39 is 10.8 Å². The van der Waals surface area contributed by atoms with Crippen molar-refractivity contribution in [2.24, 2.45) is 0 Å². The van der Waals surface area contributed by atoms with Crippen LogP contribution in [-0.4, -0.2) is 50.9 Å². The highest BCUT2D eigenvalue weighted by atomic mass is 32.2. The minimum absolute atomic E-state index is 0.0867. The molecule has 20 heavy (non-hydrogen) atoms. The molecule has 5 nitrogen and oxygen atoms in total. The number of methoxy groups -OCH3 is 1. The summed E-state index contributed by atoms with van der Waals surface area (Å²) in [5, 5.41) is 0.957. The molecule has 0 spiro atoms. The van der Waals surface area contributed by atoms with Crippen LogP contribution in [0.15, 0.2) is 0 Å². The predicted octanol–water partition coefficient (Wildman–Crippen LogP) is 1.85. The monoisotopic (exact) mass is 317 g/mol. The number of anilines is 1. The fraction of sp³-hybridized carbons (Fsp3) is 0.846. The first-order valence-electron chi connectivity index (χ1n) is 7.10. The molecule has 114 valence electrons. The van der Waals surface area contributed by atoms with E-state index in [0.29, 0.717) is 6.61 Å². The van der Waals surface area contributed by atoms with Crippen LogP contribution in [0, 0.1) is 0 Å². The third-order valence-corrected chi connectivity index (χ3v) is 7.10. The van der Waals surface area contributed by atoms with Crippen molar-refractivity contribution in [1.82, 2.24) is 9.36 Å². The molecule has 7 heteroatoms. The van der Waals surface area contributed by atoms with Crippen molar-refractivity contribution in [3.05, 3.63) is 5.82 Å². The van der Waals surface area contributed by atoms with Gasteiger partial charge in [0.05, 0.1) is 11.4 Å². The third kappa shape index (κ3) is 3.20. The van der Waals surface area contributed by atoms with Crippen LogP contribution in [0.2, 0.25) is 0 Å². The lowest BCUT2D eigenvalue weighted by Crippen LogP contribution is -2.53. The zero-order valence-corrected chi connectivity index (χ0v) is 14.1. The molecule has 0 bridgehead atoms. The van der Waals surface area contributed by atoms with E-state index in [1.165, 1.54) is 11.5 Å². The van der Waals surface area contributed by atoms with Crippen molar-refractivity contribution in [3.63, 3.8) is 0 Å². The molecule has 2 heterocycles. The van der Waals surface area contributed by atoms with Crippen LogP contribution in [0.4, 0.5) is 5.13 Å². The normalized spacial score (nSPS) is 22.1. The van der Waals surface area contributed by atoms with Crippen molar-refractivity contribution < 1.29 is 8.95 Å². The quantitative estimate of drug-likeness (QED) is 0.801. The Kier molecular flexibility index (Phi) is 5.51. The molecule has 0 N–H and O–H groups in total. The van der Waals surface area contributed by atoms with Gasteiger partial charge in [-0.3, -0.25) is 4.21 Å². The zero-order chi connectivity index (χ0) is 14.6. The van der Waals surface area contributed by atoms with Gasteiger partial charge in [-0.15, -0.1) is 0 Å². The van der Waals surface area contributed by atoms with Gasteiger partial charge < -0.3 is 9.64 Å². The summed E-state index contributed by atoms with van der Waals surface area (Å²) in [6, 6.07) is 0. The predicted molar refractivity (Wildman–Crippen MR) is 84.0 cm³/mol. The molecular formula is C13H23N3O2S2. The lowest BCUT2D eigenvalue weighted by Gasteiger charge is -2.40. The van der Waals surface area contributed by atoms with Gasteiger partial charge >= 0.3 is 0 Å². The van der Waals surface area contributed by atoms with Gasteiger partial charge in [0.2, 0.25) is 5.13 Å². The van der Waals surface area contributed by atoms with Gasteiger partial charge in [-0.05, 0) is 12.8 Å². The van der Waals surface area contributed by atoms with E-state index in [9.17, 15) is 4.21 Å². The van der Waals surface area contributed by atoms with Crippen molar-refractivity contribution in [2.45, 2.75) is 37.9 Å². The largest absolute Gasteiger partial charge is 0.384 e. The van der Waals surface area contributed by atoms with Crippen LogP contribution >= 0.6 is 11.5 Å². The average Bonchev–Trinajstić information content (AvgIpc) is 2.95. The Morgan fingerprint density at radius 1 is 1.45 bits per heavy atom. The summed E-state index contributed by atoms with van der Waals surface area (Å²) in [4.78, 5) is 6.84. The van der Waals surface area contributed by atoms with E-state index in [4.69, 9.17) is 4.74 Å². The Bertz CT molecular complexity index is 460. The molecule has 1 unspecified atom stereocenters. The maximum absolute atomic E-state index is 12.3. The van der Waals surface area contributed by atoms with Crippen LogP contribution in [0.25, 0.3) is 0 Å². The van der Waals surface area contributed by atoms with Crippen molar-refractivity contribution in [3.8, 4) is 0 Å². The molecule has 0 saturated carbocycles. The van der Waals surface area contributed by atoms with Gasteiger partial charge in [0.15, 0.2) is 0 Å². The molecule has 0 amide bonds. The molecule has 1 fully saturated rings. The molecule has 2 rings (SSSR count). The average molecular weight is 317 g/mol. The van der Waals surface area contributed by atoms with Crippen LogP contribution < -0.4 is 4.90 Å². The van der Waals surface area contributed by atoms with Gasteiger partial charge in [0.1, 0.15) is 5.82 Å². The van der Waals surface area contributed by atoms with Gasteiger partial charge in [-0.1, -0.05) is 13.8 Å². The van der Waals surface area contributed by atoms with Crippen LogP contribution in [-0.2, 0) is 22.0 Å². The zero-order valence-electron chi connectivity index (χ0n) is 12.4. The number of aromatic nitrogens is 2. The maximum atomic E-state index is 12.3. The highest BCUT2D eigenvalue weighted by Crippen LogP contribution is 2.31. The number of ether oxygens (including phenoxy) is 1. The number of nitrogens with zero attached hydrogens (tertiary/aromatic N) is 3. The second-order valence-electron chi connectivity index (χ2n) is 5.10. The first-order chi connectivity index (χ1) is 9.65. The molecule has 1 aliphatic heterocycles. The van der Waals surface area contributed by atoms with Crippen molar-refractivity contribution in [2.75, 3.05) is 37.5 Å². The van der Waals surface area contributed by atoms with Gasteiger partial charge in [-0.2, -0.15) is 4.37 Å². The molecule has 1 saturated heterocycles. The fourth-order valence-corrected chi connectivity index (χ4v) is 5.04. The Balaban J connectivity index is 2.09. The maximum Gasteiger partial charge on any atom is 0.205 e. The first-order valence-corrected chi connectivity index (χ1v) is 9.19. The standard InChI is InChI=1S/C13H23N3O2S2/c1-4-13(5-2)10-16(7-9-20(13)17)12-14-11(15-19-12)6-8-18-3/h4-10H2,1-3H3. The molecule has 0 aromatic carbocycles. The minimum atomic E-state index is -0.734. The molecule has 1 aliphatic rings. The van der Waals surface area contributed by atoms with Gasteiger partial charge in [0, 0.05) is 54.7 Å². The van der Waals surface area contributed by atoms with E-state index in [1.807, 2.05) is 0 Å². The van der Waals surface area contributed by atoms with E-state index in [0.717, 1.165) is 49.1 Å². The van der Waals surface area contributed by atoms with Gasteiger partial charge in [0.25, 0.3) is 0 Å². The topological polar surface area (TPSA) is 55.3 Å². The summed E-state index contributed by atoms with van der Waals surface area (Å²) >= 11 is 1.44. The molecule has 1 aromatic heterocycles. The van der Waals surface area contributed by atoms with E-state index >= 15 is 0 Å². The number of hydrogen-bond acceptors (Lipinski definition) is 6. The lowest BCUT2D eigenvalue weighted by molar-refractivity contribution is 0.201. The molecule has 1 aromatic rings. The van der Waals surface area contributed by atoms with Crippen LogP contribution in [0.1, 0.15) is 32.5 Å². The highest BCUT2D eigenvalue weighted by molar-refractivity contribution is 7.86. The minimum Gasteiger partial charge on any atom is -0.384 e. The fourth-order valence-electron chi connectivity index (χ4n) is 2.54. The second kappa shape index (κ2) is 6.95. The molecule has 0 radical (unpaired) electrons. The van der Waals surface area contributed by atoms with E-state index in [-0.39, 0.29) is 4.75 Å². The van der Waals surface area contributed by atoms with Crippen LogP contribution in [0.5, 0.6) is 0 Å². The van der Waals surface area contributed by atoms with Gasteiger partial charge in [-0.25, -0.2) is 4.98 Å². The first kappa shape index (κ1) is 15.9. The summed E-state index contributed by atoms with van der Waals surface area (Å²) in [6.07, 6.45) is 2.64. The molecule has 1 atom stereocenters. The molecular weight excluding hydrogens is 294 g/mol. The SMILES string of the molecule is CCC1(CC)CN(c2nc(CCOC)ns2)CCS1=O. The summed E-state index contributed by atoms with van der Waals surface area (Å²) in [5.74, 6) is 1.58. The Hall–Kier alpha value is -0.530. The number of rotatable bonds is 6. The second-order valence-corrected chi connectivity index (χ2v) is 7.79. The van der Waals surface area contributed by atoms with Crippen molar-refractivity contribution >= 4 is 27.5 Å². The van der Waals surface area contributed by atoms with E-state index in [2.05, 4.69) is 28.1 Å². The third-order valence-electron chi connectivity index (χ3n) is 4.05. The number of hydrogen-bond donors (Lipinski definition) is 0. The van der Waals surface area contributed by atoms with Crippen LogP contribution in [0.3, 0.4) is 0 Å².